The zero-order chi connectivity index (χ0) is 26.7. The highest BCUT2D eigenvalue weighted by molar-refractivity contribution is 6.06. The molecule has 9 nitrogen and oxygen atoms in total. The van der Waals surface area contributed by atoms with Crippen LogP contribution in [0.2, 0.25) is 0 Å². The third-order valence-electron chi connectivity index (χ3n) is 6.45. The highest BCUT2D eigenvalue weighted by Crippen LogP contribution is 2.37. The van der Waals surface area contributed by atoms with Crippen LogP contribution in [-0.2, 0) is 0 Å². The van der Waals surface area contributed by atoms with Crippen LogP contribution in [-0.4, -0.2) is 47.3 Å². The predicted molar refractivity (Wildman–Crippen MR) is 141 cm³/mol. The first-order chi connectivity index (χ1) is 17.7. The Bertz CT molecular complexity index is 1320. The third-order valence-corrected chi connectivity index (χ3v) is 6.45. The fourth-order valence-corrected chi connectivity index (χ4v) is 4.72. The van der Waals surface area contributed by atoms with E-state index < -0.39 is 5.97 Å². The van der Waals surface area contributed by atoms with Crippen molar-refractivity contribution >= 4 is 28.5 Å². The number of hydrogen-bond donors (Lipinski definition) is 3. The molecule has 2 aromatic carbocycles. The van der Waals surface area contributed by atoms with Gasteiger partial charge in [0, 0.05) is 11.6 Å². The van der Waals surface area contributed by atoms with E-state index in [1.807, 2.05) is 19.9 Å². The summed E-state index contributed by atoms with van der Waals surface area (Å²) in [4.78, 5) is 28.8. The van der Waals surface area contributed by atoms with Crippen molar-refractivity contribution < 1.29 is 28.9 Å². The Morgan fingerprint density at radius 3 is 2.35 bits per heavy atom. The largest absolute Gasteiger partial charge is 0.493 e. The van der Waals surface area contributed by atoms with E-state index in [1.54, 1.807) is 44.4 Å². The van der Waals surface area contributed by atoms with E-state index in [9.17, 15) is 14.7 Å². The van der Waals surface area contributed by atoms with Crippen LogP contribution in [0.15, 0.2) is 36.4 Å². The zero-order valence-corrected chi connectivity index (χ0v) is 21.5. The molecule has 1 fully saturated rings. The molecule has 3 aromatic rings. The van der Waals surface area contributed by atoms with Gasteiger partial charge in [0.1, 0.15) is 23.5 Å². The number of aromatic nitrogens is 1. The summed E-state index contributed by atoms with van der Waals surface area (Å²) in [6.45, 7) is 5.43. The quantitative estimate of drug-likeness (QED) is 0.398. The van der Waals surface area contributed by atoms with Crippen LogP contribution in [0.1, 0.15) is 65.9 Å². The van der Waals surface area contributed by atoms with Crippen molar-refractivity contribution in [1.82, 2.24) is 10.3 Å². The number of nitrogens with zero attached hydrogens (tertiary/aromatic N) is 1. The molecule has 1 heterocycles. The monoisotopic (exact) mass is 507 g/mol. The number of rotatable bonds is 8. The first kappa shape index (κ1) is 26.1. The van der Waals surface area contributed by atoms with Crippen molar-refractivity contribution in [3.05, 3.63) is 53.2 Å². The summed E-state index contributed by atoms with van der Waals surface area (Å²) in [5, 5.41) is 13.0. The van der Waals surface area contributed by atoms with Gasteiger partial charge in [-0.2, -0.15) is 0 Å². The molecule has 2 atom stereocenters. The van der Waals surface area contributed by atoms with E-state index in [2.05, 4.69) is 10.3 Å². The average molecular weight is 508 g/mol. The predicted octanol–water partition coefficient (Wildman–Crippen LogP) is 4.74. The van der Waals surface area contributed by atoms with Gasteiger partial charge in [0.25, 0.3) is 5.91 Å². The number of hydrogen-bond acceptors (Lipinski definition) is 7. The lowest BCUT2D eigenvalue weighted by Crippen LogP contribution is -2.39. The van der Waals surface area contributed by atoms with E-state index in [4.69, 9.17) is 19.9 Å². The first-order valence-corrected chi connectivity index (χ1v) is 12.4. The topological polar surface area (TPSA) is 133 Å². The van der Waals surface area contributed by atoms with E-state index in [1.165, 1.54) is 0 Å². The Balaban J connectivity index is 1.65. The number of carboxylic acids is 1. The van der Waals surface area contributed by atoms with Crippen molar-refractivity contribution in [2.24, 2.45) is 0 Å². The Labute approximate surface area is 215 Å². The van der Waals surface area contributed by atoms with E-state index in [-0.39, 0.29) is 35.4 Å². The maximum absolute atomic E-state index is 12.6. The number of carboxylic acid groups (broad SMARTS) is 1. The summed E-state index contributed by atoms with van der Waals surface area (Å²) in [6, 6.07) is 10.5. The van der Waals surface area contributed by atoms with Gasteiger partial charge in [-0.15, -0.1) is 0 Å². The second-order valence-corrected chi connectivity index (χ2v) is 9.53. The van der Waals surface area contributed by atoms with Crippen molar-refractivity contribution in [1.29, 1.82) is 0 Å². The van der Waals surface area contributed by atoms with Crippen LogP contribution < -0.4 is 25.3 Å². The Hall–Kier alpha value is -4.01. The number of aryl methyl sites for hydroxylation is 1. The van der Waals surface area contributed by atoms with Crippen LogP contribution in [0, 0.1) is 6.92 Å². The first-order valence-electron chi connectivity index (χ1n) is 12.4. The number of methoxy groups -OCH3 is 1. The molecule has 1 aliphatic carbocycles. The number of amides is 1. The van der Waals surface area contributed by atoms with Crippen LogP contribution in [0.25, 0.3) is 10.9 Å². The lowest BCUT2D eigenvalue weighted by Gasteiger charge is -2.33. The summed E-state index contributed by atoms with van der Waals surface area (Å²) in [5.74, 6) is 0.115. The molecule has 0 aliphatic heterocycles. The van der Waals surface area contributed by atoms with Gasteiger partial charge in [0.05, 0.1) is 29.4 Å². The molecule has 1 aliphatic rings. The minimum Gasteiger partial charge on any atom is -0.493 e. The number of nitrogen functional groups attached to an aromatic ring is 1. The minimum atomic E-state index is -1.13. The molecule has 0 radical (unpaired) electrons. The van der Waals surface area contributed by atoms with E-state index >= 15 is 0 Å². The summed E-state index contributed by atoms with van der Waals surface area (Å²) in [6.07, 6.45) is 2.75. The Kier molecular flexibility index (Phi) is 7.71. The number of ether oxygens (including phenoxy) is 3. The average Bonchev–Trinajstić information content (AvgIpc) is 2.84. The van der Waals surface area contributed by atoms with Gasteiger partial charge >= 0.3 is 5.97 Å². The number of pyridine rings is 1. The number of benzene rings is 2. The molecule has 1 amide bonds. The summed E-state index contributed by atoms with van der Waals surface area (Å²) >= 11 is 0. The van der Waals surface area contributed by atoms with Gasteiger partial charge in [-0.3, -0.25) is 9.78 Å². The maximum atomic E-state index is 12.6. The van der Waals surface area contributed by atoms with E-state index in [0.29, 0.717) is 39.4 Å². The normalized spacial score (nSPS) is 17.4. The third kappa shape index (κ3) is 5.55. The molecule has 1 aromatic heterocycles. The molecule has 37 heavy (non-hydrogen) atoms. The minimum absolute atomic E-state index is 0.00291. The highest BCUT2D eigenvalue weighted by Gasteiger charge is 2.31. The van der Waals surface area contributed by atoms with Crippen molar-refractivity contribution in [2.45, 2.75) is 64.7 Å². The number of nitrogens with one attached hydrogen (secondary N) is 1. The van der Waals surface area contributed by atoms with Gasteiger partial charge in [0.15, 0.2) is 11.5 Å². The number of carbonyl (C=O) groups excluding carboxylic acids is 1. The number of nitrogens with two attached hydrogens (primary N) is 1. The summed E-state index contributed by atoms with van der Waals surface area (Å²) in [5.41, 5.74) is 7.81. The van der Waals surface area contributed by atoms with Gasteiger partial charge in [0.2, 0.25) is 0 Å². The second kappa shape index (κ2) is 10.9. The lowest BCUT2D eigenvalue weighted by molar-refractivity contribution is 0.0226. The molecule has 1 saturated carbocycles. The molecule has 196 valence electrons. The number of fused-ring (bicyclic) bond motifs is 1. The van der Waals surface area contributed by atoms with Crippen molar-refractivity contribution in [3.63, 3.8) is 0 Å². The SMILES string of the molecule is COc1ccc(C(=O)NC(C)C)cc1O[C@H]1CCCC[C@@H]1Oc1cccc2nc(C)c(C(=O)O)c(N)c12. The van der Waals surface area contributed by atoms with E-state index in [0.717, 1.165) is 25.7 Å². The molecular weight excluding hydrogens is 474 g/mol. The smallest absolute Gasteiger partial charge is 0.339 e. The maximum Gasteiger partial charge on any atom is 0.339 e. The fraction of sp³-hybridized carbons (Fsp3) is 0.393. The van der Waals surface area contributed by atoms with Gasteiger partial charge in [-0.1, -0.05) is 6.07 Å². The molecule has 0 saturated heterocycles. The molecule has 4 N–H and O–H groups in total. The fourth-order valence-electron chi connectivity index (χ4n) is 4.72. The zero-order valence-electron chi connectivity index (χ0n) is 21.5. The van der Waals surface area contributed by atoms with Gasteiger partial charge in [-0.25, -0.2) is 4.79 Å². The number of carbonyl (C=O) groups is 2. The van der Waals surface area contributed by atoms with Crippen LogP contribution >= 0.6 is 0 Å². The number of anilines is 1. The van der Waals surface area contributed by atoms with Gasteiger partial charge < -0.3 is 30.4 Å². The Morgan fingerprint density at radius 1 is 1.05 bits per heavy atom. The van der Waals surface area contributed by atoms with Crippen LogP contribution in [0.5, 0.6) is 17.2 Å². The van der Waals surface area contributed by atoms with Crippen LogP contribution in [0.4, 0.5) is 5.69 Å². The highest BCUT2D eigenvalue weighted by atomic mass is 16.6. The molecule has 0 unspecified atom stereocenters. The molecule has 0 bridgehead atoms. The second-order valence-electron chi connectivity index (χ2n) is 9.53. The molecule has 4 rings (SSSR count). The molecule has 9 heteroatoms. The molecule has 0 spiro atoms. The summed E-state index contributed by atoms with van der Waals surface area (Å²) < 4.78 is 18.4. The Morgan fingerprint density at radius 2 is 1.73 bits per heavy atom. The van der Waals surface area contributed by atoms with Crippen molar-refractivity contribution in [2.75, 3.05) is 12.8 Å². The van der Waals surface area contributed by atoms with Crippen LogP contribution in [0.3, 0.4) is 0 Å². The van der Waals surface area contributed by atoms with Crippen molar-refractivity contribution in [3.8, 4) is 17.2 Å². The molecular formula is C28H33N3O6. The lowest BCUT2D eigenvalue weighted by atomic mass is 9.94. The standard InChI is InChI=1S/C28H33N3O6/c1-15(2)30-27(32)17-12-13-19(35-4)23(14-17)37-21-10-6-5-9-20(21)36-22-11-7-8-18-25(22)26(29)24(28(33)34)16(3)31-18/h7-8,11-15,20-21H,5-6,9-10H2,1-4H3,(H2,29,31)(H,30,32)(H,33,34)/t20-,21-/m0/s1. The van der Waals surface area contributed by atoms with Gasteiger partial charge in [-0.05, 0) is 76.8 Å². The number of aromatic carboxylic acids is 1. The summed E-state index contributed by atoms with van der Waals surface area (Å²) in [7, 11) is 1.55.